The Morgan fingerprint density at radius 2 is 2.45 bits per heavy atom. The Balaban J connectivity index is 2.01. The third-order valence-electron chi connectivity index (χ3n) is 4.49. The summed E-state index contributed by atoms with van der Waals surface area (Å²) in [7, 11) is 1.75. The van der Waals surface area contributed by atoms with E-state index in [1.807, 2.05) is 6.20 Å². The Morgan fingerprint density at radius 1 is 1.60 bits per heavy atom. The van der Waals surface area contributed by atoms with Crippen molar-refractivity contribution in [3.63, 3.8) is 0 Å². The second-order valence-electron chi connectivity index (χ2n) is 5.56. The van der Waals surface area contributed by atoms with E-state index >= 15 is 0 Å². The van der Waals surface area contributed by atoms with Gasteiger partial charge in [-0.2, -0.15) is 0 Å². The van der Waals surface area contributed by atoms with Crippen LogP contribution >= 0.6 is 8.50 Å². The molecule has 1 saturated carbocycles. The molecule has 1 spiro atoms. The van der Waals surface area contributed by atoms with Crippen molar-refractivity contribution < 1.29 is 4.79 Å². The van der Waals surface area contributed by atoms with Crippen LogP contribution in [-0.2, 0) is 10.2 Å². The SMILES string of the molecule is NC1CCC2(C1)C(=O)Nc1cnc3c(ccn3[S][Pb])c12. The Kier molecular flexibility index (Phi) is 2.91. The van der Waals surface area contributed by atoms with Gasteiger partial charge in [-0.1, -0.05) is 0 Å². The van der Waals surface area contributed by atoms with Crippen molar-refractivity contribution >= 4 is 55.4 Å². The number of nitrogens with one attached hydrogen (secondary N) is 1. The van der Waals surface area contributed by atoms with Gasteiger partial charge in [-0.25, -0.2) is 0 Å². The Hall–Kier alpha value is -0.608. The molecule has 3 heterocycles. The molecule has 0 saturated heterocycles. The van der Waals surface area contributed by atoms with Crippen LogP contribution in [0.25, 0.3) is 11.0 Å². The van der Waals surface area contributed by atoms with Crippen molar-refractivity contribution in [2.45, 2.75) is 30.7 Å². The van der Waals surface area contributed by atoms with Crippen LogP contribution in [0.4, 0.5) is 5.69 Å². The van der Waals surface area contributed by atoms with E-state index in [0.717, 1.165) is 65.8 Å². The molecule has 2 aromatic rings. The van der Waals surface area contributed by atoms with Crippen molar-refractivity contribution in [2.24, 2.45) is 5.73 Å². The van der Waals surface area contributed by atoms with Gasteiger partial charge in [0.05, 0.1) is 0 Å². The molecule has 2 atom stereocenters. The van der Waals surface area contributed by atoms with E-state index in [2.05, 4.69) is 20.3 Å². The number of hydrogen-bond donors (Lipinski definition) is 2. The molecule has 2 aliphatic rings. The minimum absolute atomic E-state index is 0.0982. The third-order valence-corrected chi connectivity index (χ3v) is 7.28. The number of aromatic nitrogens is 2. The summed E-state index contributed by atoms with van der Waals surface area (Å²) in [5.41, 5.74) is 8.60. The third kappa shape index (κ3) is 1.58. The van der Waals surface area contributed by atoms with Gasteiger partial charge in [-0.15, -0.1) is 0 Å². The van der Waals surface area contributed by atoms with Gasteiger partial charge < -0.3 is 0 Å². The number of amides is 1. The van der Waals surface area contributed by atoms with Crippen molar-refractivity contribution in [1.29, 1.82) is 0 Å². The first kappa shape index (κ1) is 13.1. The topological polar surface area (TPSA) is 72.9 Å². The molecule has 7 heteroatoms. The molecular formula is C13H13N4OPbS. The van der Waals surface area contributed by atoms with E-state index in [9.17, 15) is 4.79 Å². The second kappa shape index (κ2) is 4.44. The molecular weight excluding hydrogens is 467 g/mol. The molecule has 5 nitrogen and oxygen atoms in total. The average Bonchev–Trinajstić information content (AvgIpc) is 3.08. The van der Waals surface area contributed by atoms with E-state index < -0.39 is 5.41 Å². The molecule has 3 N–H and O–H groups in total. The van der Waals surface area contributed by atoms with E-state index in [-0.39, 0.29) is 11.9 Å². The molecule has 1 amide bonds. The number of rotatable bonds is 1. The average molecular weight is 481 g/mol. The molecule has 2 aromatic heterocycles. The summed E-state index contributed by atoms with van der Waals surface area (Å²) in [6, 6.07) is 2.20. The van der Waals surface area contributed by atoms with Gasteiger partial charge >= 0.3 is 135 Å². The fourth-order valence-corrected chi connectivity index (χ4v) is 5.69. The van der Waals surface area contributed by atoms with Gasteiger partial charge in [0.2, 0.25) is 0 Å². The van der Waals surface area contributed by atoms with E-state index in [1.54, 1.807) is 14.7 Å². The molecule has 0 aromatic carbocycles. The molecule has 1 aliphatic heterocycles. The van der Waals surface area contributed by atoms with Crippen LogP contribution in [0, 0.1) is 0 Å². The summed E-state index contributed by atoms with van der Waals surface area (Å²) in [5, 5.41) is 4.10. The first-order valence-electron chi connectivity index (χ1n) is 6.57. The number of hydrogen-bond acceptors (Lipinski definition) is 4. The van der Waals surface area contributed by atoms with Crippen LogP contribution in [-0.4, -0.2) is 45.2 Å². The summed E-state index contributed by atoms with van der Waals surface area (Å²) in [5.74, 6) is 0.0982. The molecule has 0 bridgehead atoms. The minimum atomic E-state index is -0.433. The van der Waals surface area contributed by atoms with E-state index in [0.29, 0.717) is 0 Å². The van der Waals surface area contributed by atoms with Crippen LogP contribution in [0.3, 0.4) is 0 Å². The quantitative estimate of drug-likeness (QED) is 0.604. The van der Waals surface area contributed by atoms with Crippen LogP contribution in [0.1, 0.15) is 24.8 Å². The van der Waals surface area contributed by atoms with Gasteiger partial charge in [-0.05, 0) is 0 Å². The molecule has 1 aliphatic carbocycles. The zero-order chi connectivity index (χ0) is 13.9. The number of carbonyl (C=O) groups is 1. The van der Waals surface area contributed by atoms with Gasteiger partial charge in [-0.3, -0.25) is 0 Å². The van der Waals surface area contributed by atoms with Crippen LogP contribution in [0.5, 0.6) is 0 Å². The second-order valence-corrected chi connectivity index (χ2v) is 8.26. The van der Waals surface area contributed by atoms with Crippen molar-refractivity contribution in [2.75, 3.05) is 5.32 Å². The Labute approximate surface area is 134 Å². The van der Waals surface area contributed by atoms with E-state index in [1.165, 1.54) is 0 Å². The van der Waals surface area contributed by atoms with Gasteiger partial charge in [0.15, 0.2) is 0 Å². The summed E-state index contributed by atoms with van der Waals surface area (Å²) < 4.78 is 2.09. The molecule has 2 unspecified atom stereocenters. The molecule has 4 rings (SSSR count). The van der Waals surface area contributed by atoms with Crippen molar-refractivity contribution in [3.8, 4) is 0 Å². The maximum atomic E-state index is 12.5. The fraction of sp³-hybridized carbons (Fsp3) is 0.385. The number of nitrogens with zero attached hydrogens (tertiary/aromatic N) is 2. The molecule has 1 fully saturated rings. The predicted octanol–water partition coefficient (Wildman–Crippen LogP) is 1.32. The fourth-order valence-electron chi connectivity index (χ4n) is 3.62. The Bertz CT molecular complexity index is 730. The van der Waals surface area contributed by atoms with E-state index in [4.69, 9.17) is 5.73 Å². The van der Waals surface area contributed by atoms with Crippen molar-refractivity contribution in [3.05, 3.63) is 24.0 Å². The normalized spacial score (nSPS) is 28.3. The molecule has 20 heavy (non-hydrogen) atoms. The first-order chi connectivity index (χ1) is 9.65. The summed E-state index contributed by atoms with van der Waals surface area (Å²) in [4.78, 5) is 17.0. The number of anilines is 1. The standard InChI is InChI=1S/C13H13N4OS.Pb/c14-7-1-3-13(5-7)10-8-2-4-17(19)11(8)15-6-9(10)16-12(13)18;/h2,4,6-7H,1,3,5,14H2,(H,16,18);/q-1;+1. The van der Waals surface area contributed by atoms with Gasteiger partial charge in [0.1, 0.15) is 0 Å². The summed E-state index contributed by atoms with van der Waals surface area (Å²) in [6.45, 7) is 0. The monoisotopic (exact) mass is 481 g/mol. The number of carbonyl (C=O) groups excluding carboxylic acids is 1. The summed E-state index contributed by atoms with van der Waals surface area (Å²) in [6.07, 6.45) is 6.33. The van der Waals surface area contributed by atoms with Gasteiger partial charge in [0, 0.05) is 0 Å². The molecule has 3 radical (unpaired) electrons. The maximum absolute atomic E-state index is 12.5. The molecule has 101 valence electrons. The Morgan fingerprint density at radius 3 is 3.15 bits per heavy atom. The number of fused-ring (bicyclic) bond motifs is 4. The number of pyridine rings is 1. The zero-order valence-electron chi connectivity index (χ0n) is 10.7. The van der Waals surface area contributed by atoms with Crippen molar-refractivity contribution in [1.82, 2.24) is 8.96 Å². The first-order valence-corrected chi connectivity index (χ1v) is 12.1. The van der Waals surface area contributed by atoms with Crippen LogP contribution in [0.15, 0.2) is 18.5 Å². The number of nitrogens with two attached hydrogens (primary N) is 1. The predicted molar refractivity (Wildman–Crippen MR) is 80.6 cm³/mol. The zero-order valence-corrected chi connectivity index (χ0v) is 15.4. The summed E-state index contributed by atoms with van der Waals surface area (Å²) >= 11 is 1.01. The van der Waals surface area contributed by atoms with Crippen LogP contribution < -0.4 is 11.1 Å². The van der Waals surface area contributed by atoms with Crippen LogP contribution in [0.2, 0.25) is 0 Å². The van der Waals surface area contributed by atoms with Gasteiger partial charge in [0.25, 0.3) is 0 Å².